The van der Waals surface area contributed by atoms with E-state index in [4.69, 9.17) is 5.11 Å². The van der Waals surface area contributed by atoms with Crippen molar-refractivity contribution in [3.63, 3.8) is 0 Å². The zero-order valence-corrected chi connectivity index (χ0v) is 6.19. The molecule has 2 N–H and O–H groups in total. The second-order valence-electron chi connectivity index (χ2n) is 1.77. The third-order valence-corrected chi connectivity index (χ3v) is 1.49. The molecule has 0 aromatic heterocycles. The summed E-state index contributed by atoms with van der Waals surface area (Å²) in [6.07, 6.45) is 0.139. The van der Waals surface area contributed by atoms with Gasteiger partial charge in [0.1, 0.15) is 0 Å². The van der Waals surface area contributed by atoms with Gasteiger partial charge in [-0.2, -0.15) is 12.6 Å². The first-order chi connectivity index (χ1) is 4.20. The first-order valence-corrected chi connectivity index (χ1v) is 3.34. The molecule has 0 radical (unpaired) electrons. The lowest BCUT2D eigenvalue weighted by Gasteiger charge is -2.08. The highest BCUT2D eigenvalue weighted by Gasteiger charge is 2.07. The number of hydrogen-bond donors (Lipinski definition) is 3. The Kier molecular flexibility index (Phi) is 4.53. The highest BCUT2D eigenvalue weighted by Crippen LogP contribution is 1.92. The van der Waals surface area contributed by atoms with Gasteiger partial charge >= 0.3 is 5.97 Å². The summed E-state index contributed by atoms with van der Waals surface area (Å²) >= 11 is 3.94. The van der Waals surface area contributed by atoms with Crippen molar-refractivity contribution in [2.75, 3.05) is 12.8 Å². The van der Waals surface area contributed by atoms with Crippen LogP contribution in [0.3, 0.4) is 0 Å². The molecule has 0 bridgehead atoms. The SMILES string of the molecule is CN[C@H](CS)CC(=O)O. The molecule has 9 heavy (non-hydrogen) atoms. The lowest BCUT2D eigenvalue weighted by molar-refractivity contribution is -0.137. The van der Waals surface area contributed by atoms with E-state index in [1.165, 1.54) is 0 Å². The van der Waals surface area contributed by atoms with Crippen LogP contribution in [0.5, 0.6) is 0 Å². The Bertz CT molecular complexity index is 93.0. The van der Waals surface area contributed by atoms with E-state index >= 15 is 0 Å². The molecular formula is C5H11NO2S. The van der Waals surface area contributed by atoms with Gasteiger partial charge in [-0.25, -0.2) is 0 Å². The Morgan fingerprint density at radius 3 is 2.56 bits per heavy atom. The molecule has 0 aliphatic rings. The standard InChI is InChI=1S/C5H11NO2S/c1-6-4(3-9)2-5(7)8/h4,6,9H,2-3H2,1H3,(H,7,8)/t4-/m0/s1. The number of carboxylic acid groups (broad SMARTS) is 1. The van der Waals surface area contributed by atoms with Crippen LogP contribution in [-0.2, 0) is 4.79 Å². The molecule has 0 aliphatic heterocycles. The minimum Gasteiger partial charge on any atom is -0.481 e. The van der Waals surface area contributed by atoms with E-state index in [0.29, 0.717) is 5.75 Å². The summed E-state index contributed by atoms with van der Waals surface area (Å²) in [5.74, 6) is -0.230. The maximum Gasteiger partial charge on any atom is 0.304 e. The summed E-state index contributed by atoms with van der Waals surface area (Å²) < 4.78 is 0. The zero-order chi connectivity index (χ0) is 7.28. The van der Waals surface area contributed by atoms with Crippen LogP contribution in [-0.4, -0.2) is 29.9 Å². The molecule has 0 fully saturated rings. The van der Waals surface area contributed by atoms with Crippen LogP contribution in [0.25, 0.3) is 0 Å². The average molecular weight is 149 g/mol. The van der Waals surface area contributed by atoms with E-state index in [0.717, 1.165) is 0 Å². The third-order valence-electron chi connectivity index (χ3n) is 1.05. The number of carboxylic acids is 1. The van der Waals surface area contributed by atoms with Crippen molar-refractivity contribution in [1.82, 2.24) is 5.32 Å². The molecule has 0 aliphatic carbocycles. The van der Waals surface area contributed by atoms with Gasteiger partial charge in [-0.3, -0.25) is 4.79 Å². The van der Waals surface area contributed by atoms with Crippen LogP contribution < -0.4 is 5.32 Å². The van der Waals surface area contributed by atoms with Crippen molar-refractivity contribution in [3.05, 3.63) is 0 Å². The number of aliphatic carboxylic acids is 1. The Hall–Kier alpha value is -0.220. The third kappa shape index (κ3) is 4.29. The lowest BCUT2D eigenvalue weighted by atomic mass is 10.2. The van der Waals surface area contributed by atoms with Gasteiger partial charge in [-0.15, -0.1) is 0 Å². The van der Waals surface area contributed by atoms with Crippen LogP contribution in [0.4, 0.5) is 0 Å². The van der Waals surface area contributed by atoms with E-state index in [9.17, 15) is 4.79 Å². The van der Waals surface area contributed by atoms with Gasteiger partial charge in [0.05, 0.1) is 6.42 Å². The molecule has 0 heterocycles. The van der Waals surface area contributed by atoms with E-state index in [1.807, 2.05) is 0 Å². The average Bonchev–Trinajstić information content (AvgIpc) is 1.82. The number of hydrogen-bond acceptors (Lipinski definition) is 3. The Morgan fingerprint density at radius 1 is 1.89 bits per heavy atom. The van der Waals surface area contributed by atoms with Crippen LogP contribution >= 0.6 is 12.6 Å². The monoisotopic (exact) mass is 149 g/mol. The predicted octanol–water partition coefficient (Wildman–Crippen LogP) is -0.0211. The highest BCUT2D eigenvalue weighted by molar-refractivity contribution is 7.80. The molecule has 0 saturated carbocycles. The highest BCUT2D eigenvalue weighted by atomic mass is 32.1. The number of thiol groups is 1. The second kappa shape index (κ2) is 4.64. The Morgan fingerprint density at radius 2 is 2.44 bits per heavy atom. The molecule has 3 nitrogen and oxygen atoms in total. The second-order valence-corrected chi connectivity index (χ2v) is 2.13. The molecule has 0 saturated heterocycles. The number of rotatable bonds is 4. The molecule has 0 aromatic carbocycles. The summed E-state index contributed by atoms with van der Waals surface area (Å²) in [6, 6.07) is -0.00849. The van der Waals surface area contributed by atoms with Gasteiger partial charge in [0.15, 0.2) is 0 Å². The van der Waals surface area contributed by atoms with Gasteiger partial charge in [-0.1, -0.05) is 0 Å². The molecule has 0 rings (SSSR count). The molecule has 0 aromatic rings. The zero-order valence-electron chi connectivity index (χ0n) is 5.29. The van der Waals surface area contributed by atoms with Gasteiger partial charge < -0.3 is 10.4 Å². The molecule has 1 atom stereocenters. The maximum absolute atomic E-state index is 10.1. The van der Waals surface area contributed by atoms with Crippen molar-refractivity contribution >= 4 is 18.6 Å². The number of carbonyl (C=O) groups is 1. The summed E-state index contributed by atoms with van der Waals surface area (Å²) in [5, 5.41) is 11.1. The predicted molar refractivity (Wildman–Crippen MR) is 39.0 cm³/mol. The van der Waals surface area contributed by atoms with Crippen molar-refractivity contribution < 1.29 is 9.90 Å². The van der Waals surface area contributed by atoms with Crippen molar-refractivity contribution in [2.45, 2.75) is 12.5 Å². The van der Waals surface area contributed by atoms with Crippen LogP contribution in [0.2, 0.25) is 0 Å². The van der Waals surface area contributed by atoms with Crippen molar-refractivity contribution in [3.8, 4) is 0 Å². The molecule has 0 unspecified atom stereocenters. The van der Waals surface area contributed by atoms with Crippen molar-refractivity contribution in [1.29, 1.82) is 0 Å². The largest absolute Gasteiger partial charge is 0.481 e. The fourth-order valence-electron chi connectivity index (χ4n) is 0.469. The van der Waals surface area contributed by atoms with Crippen LogP contribution in [0.15, 0.2) is 0 Å². The van der Waals surface area contributed by atoms with Gasteiger partial charge in [0.2, 0.25) is 0 Å². The minimum atomic E-state index is -0.789. The maximum atomic E-state index is 10.1. The minimum absolute atomic E-state index is 0.00849. The summed E-state index contributed by atoms with van der Waals surface area (Å²) in [6.45, 7) is 0. The molecular weight excluding hydrogens is 138 g/mol. The van der Waals surface area contributed by atoms with Crippen LogP contribution in [0, 0.1) is 0 Å². The molecule has 0 spiro atoms. The van der Waals surface area contributed by atoms with E-state index in [-0.39, 0.29) is 12.5 Å². The van der Waals surface area contributed by atoms with Gasteiger partial charge in [0.25, 0.3) is 0 Å². The van der Waals surface area contributed by atoms with Crippen LogP contribution in [0.1, 0.15) is 6.42 Å². The first-order valence-electron chi connectivity index (χ1n) is 2.70. The quantitative estimate of drug-likeness (QED) is 0.492. The summed E-state index contributed by atoms with van der Waals surface area (Å²) in [4.78, 5) is 10.1. The van der Waals surface area contributed by atoms with E-state index in [2.05, 4.69) is 17.9 Å². The fraction of sp³-hybridized carbons (Fsp3) is 0.800. The number of nitrogens with one attached hydrogen (secondary N) is 1. The normalized spacial score (nSPS) is 13.1. The van der Waals surface area contributed by atoms with Gasteiger partial charge in [-0.05, 0) is 7.05 Å². The summed E-state index contributed by atoms with van der Waals surface area (Å²) in [5.41, 5.74) is 0. The van der Waals surface area contributed by atoms with E-state index in [1.54, 1.807) is 7.05 Å². The first kappa shape index (κ1) is 8.78. The lowest BCUT2D eigenvalue weighted by Crippen LogP contribution is -2.29. The summed E-state index contributed by atoms with van der Waals surface area (Å²) in [7, 11) is 1.73. The topological polar surface area (TPSA) is 49.3 Å². The van der Waals surface area contributed by atoms with E-state index < -0.39 is 5.97 Å². The smallest absolute Gasteiger partial charge is 0.304 e. The Labute approximate surface area is 59.9 Å². The Balaban J connectivity index is 3.43. The fourth-order valence-corrected chi connectivity index (χ4v) is 0.780. The molecule has 4 heteroatoms. The van der Waals surface area contributed by atoms with Gasteiger partial charge in [0, 0.05) is 11.8 Å². The molecule has 0 amide bonds. The van der Waals surface area contributed by atoms with Crippen molar-refractivity contribution in [2.24, 2.45) is 0 Å². The molecule has 54 valence electrons.